The number of aliphatic hydroxyl groups is 1. The maximum Gasteiger partial charge on any atom is 0.290 e. The Hall–Kier alpha value is -2.34. The molecule has 3 N–H and O–H groups in total. The molecule has 1 amide bonds. The van der Waals surface area contributed by atoms with Crippen LogP contribution in [0.1, 0.15) is 24.9 Å². The van der Waals surface area contributed by atoms with E-state index < -0.39 is 17.7 Å². The molecule has 0 aromatic heterocycles. The Kier molecular flexibility index (Phi) is 5.05. The lowest BCUT2D eigenvalue weighted by molar-refractivity contribution is -0.858. The molecule has 1 atom stereocenters. The van der Waals surface area contributed by atoms with E-state index in [9.17, 15) is 19.8 Å². The Morgan fingerprint density at radius 1 is 1.22 bits per heavy atom. The second kappa shape index (κ2) is 6.83. The predicted octanol–water partition coefficient (Wildman–Crippen LogP) is 0.211. The van der Waals surface area contributed by atoms with E-state index in [-0.39, 0.29) is 17.1 Å². The maximum atomic E-state index is 12.4. The normalized spacial score (nSPS) is 18.2. The van der Waals surface area contributed by atoms with Gasteiger partial charge in [-0.3, -0.25) is 9.59 Å². The maximum absolute atomic E-state index is 12.4. The Bertz CT molecular complexity index is 634. The van der Waals surface area contributed by atoms with Gasteiger partial charge in [-0.15, -0.1) is 0 Å². The van der Waals surface area contributed by atoms with Crippen LogP contribution in [-0.2, 0) is 9.59 Å². The van der Waals surface area contributed by atoms with Gasteiger partial charge in [0.1, 0.15) is 5.75 Å². The van der Waals surface area contributed by atoms with Gasteiger partial charge in [0, 0.05) is 13.0 Å². The van der Waals surface area contributed by atoms with Crippen molar-refractivity contribution < 1.29 is 24.7 Å². The molecule has 23 heavy (non-hydrogen) atoms. The summed E-state index contributed by atoms with van der Waals surface area (Å²) < 4.78 is 0. The largest absolute Gasteiger partial charge is 0.508 e. The first-order valence-corrected chi connectivity index (χ1v) is 7.66. The quantitative estimate of drug-likeness (QED) is 0.700. The van der Waals surface area contributed by atoms with Gasteiger partial charge in [-0.05, 0) is 24.6 Å². The molecule has 1 aliphatic rings. The number of phenols is 1. The van der Waals surface area contributed by atoms with Crippen LogP contribution in [-0.4, -0.2) is 54.0 Å². The van der Waals surface area contributed by atoms with Crippen LogP contribution in [0.25, 0.3) is 0 Å². The highest BCUT2D eigenvalue weighted by molar-refractivity contribution is 6.08. The van der Waals surface area contributed by atoms with E-state index in [1.165, 1.54) is 28.9 Å². The summed E-state index contributed by atoms with van der Waals surface area (Å²) in [6.45, 7) is 2.68. The highest BCUT2D eigenvalue weighted by Gasteiger charge is 2.41. The van der Waals surface area contributed by atoms with E-state index >= 15 is 0 Å². The smallest absolute Gasteiger partial charge is 0.290 e. The van der Waals surface area contributed by atoms with Crippen molar-refractivity contribution in [3.63, 3.8) is 0 Å². The summed E-state index contributed by atoms with van der Waals surface area (Å²) in [6, 6.07) is 5.75. The van der Waals surface area contributed by atoms with Crippen molar-refractivity contribution in [2.75, 3.05) is 27.2 Å². The number of rotatable bonds is 6. The number of nitrogens with one attached hydrogen (secondary N) is 1. The van der Waals surface area contributed by atoms with E-state index in [0.717, 1.165) is 13.0 Å². The molecular weight excluding hydrogens is 296 g/mol. The molecule has 6 nitrogen and oxygen atoms in total. The number of phenolic OH excluding ortho intramolecular Hbond substituents is 1. The number of Topliss-reactive ketones (excluding diaryl/α,β-unsaturated/α-hetero) is 1. The van der Waals surface area contributed by atoms with Gasteiger partial charge < -0.3 is 20.0 Å². The van der Waals surface area contributed by atoms with Gasteiger partial charge >= 0.3 is 0 Å². The van der Waals surface area contributed by atoms with Crippen molar-refractivity contribution in [2.24, 2.45) is 0 Å². The van der Waals surface area contributed by atoms with E-state index in [4.69, 9.17) is 0 Å². The van der Waals surface area contributed by atoms with Gasteiger partial charge in [-0.1, -0.05) is 12.1 Å². The standard InChI is InChI=1S/C17H22N2O4/c1-11(20)14-15(12-5-7-13(21)8-6-12)19(17(23)16(14)22)10-4-9-18(2)3/h5-8,15,21-22H,4,9-10H2,1-3H3/p+1/t15-/m1/s1. The van der Waals surface area contributed by atoms with Crippen molar-refractivity contribution in [2.45, 2.75) is 19.4 Å². The number of quaternary nitrogens is 1. The third-order valence-electron chi connectivity index (χ3n) is 3.97. The summed E-state index contributed by atoms with van der Waals surface area (Å²) in [4.78, 5) is 27.1. The van der Waals surface area contributed by atoms with Gasteiger partial charge in [-0.2, -0.15) is 0 Å². The van der Waals surface area contributed by atoms with E-state index in [1.54, 1.807) is 12.1 Å². The van der Waals surface area contributed by atoms with E-state index in [1.807, 2.05) is 14.1 Å². The number of carbonyl (C=O) groups is 2. The number of benzene rings is 1. The lowest BCUT2D eigenvalue weighted by Gasteiger charge is -2.26. The Labute approximate surface area is 135 Å². The summed E-state index contributed by atoms with van der Waals surface area (Å²) in [5.74, 6) is -1.19. The fourth-order valence-corrected chi connectivity index (χ4v) is 2.85. The minimum absolute atomic E-state index is 0.110. The molecule has 1 aromatic carbocycles. The lowest BCUT2D eigenvalue weighted by atomic mass is 9.96. The number of hydrogen-bond acceptors (Lipinski definition) is 4. The van der Waals surface area contributed by atoms with E-state index in [0.29, 0.717) is 12.1 Å². The fourth-order valence-electron chi connectivity index (χ4n) is 2.85. The van der Waals surface area contributed by atoms with Crippen LogP contribution in [0.5, 0.6) is 5.75 Å². The van der Waals surface area contributed by atoms with Crippen molar-refractivity contribution in [1.29, 1.82) is 0 Å². The number of hydrogen-bond donors (Lipinski definition) is 3. The van der Waals surface area contributed by atoms with Gasteiger partial charge in [-0.25, -0.2) is 0 Å². The van der Waals surface area contributed by atoms with Crippen molar-refractivity contribution in [1.82, 2.24) is 4.90 Å². The second-order valence-electron chi connectivity index (χ2n) is 6.12. The molecule has 1 aromatic rings. The van der Waals surface area contributed by atoms with Crippen LogP contribution in [0.2, 0.25) is 0 Å². The topological polar surface area (TPSA) is 82.3 Å². The zero-order valence-electron chi connectivity index (χ0n) is 13.7. The molecule has 0 fully saturated rings. The first-order valence-electron chi connectivity index (χ1n) is 7.66. The molecule has 0 saturated carbocycles. The molecule has 0 aliphatic carbocycles. The average molecular weight is 319 g/mol. The number of carbonyl (C=O) groups excluding carboxylic acids is 2. The molecule has 6 heteroatoms. The first kappa shape index (κ1) is 17.0. The third kappa shape index (κ3) is 3.53. The van der Waals surface area contributed by atoms with Crippen LogP contribution in [0, 0.1) is 0 Å². The first-order chi connectivity index (χ1) is 10.8. The number of aromatic hydroxyl groups is 1. The molecule has 0 saturated heterocycles. The molecule has 0 unspecified atom stereocenters. The predicted molar refractivity (Wildman–Crippen MR) is 85.2 cm³/mol. The van der Waals surface area contributed by atoms with Gasteiger partial charge in [0.25, 0.3) is 5.91 Å². The van der Waals surface area contributed by atoms with Gasteiger partial charge in [0.15, 0.2) is 11.5 Å². The third-order valence-corrected chi connectivity index (χ3v) is 3.97. The second-order valence-corrected chi connectivity index (χ2v) is 6.12. The molecule has 1 aliphatic heterocycles. The molecule has 124 valence electrons. The molecule has 0 radical (unpaired) electrons. The van der Waals surface area contributed by atoms with Crippen LogP contribution in [0.15, 0.2) is 35.6 Å². The molecule has 0 spiro atoms. The van der Waals surface area contributed by atoms with E-state index in [2.05, 4.69) is 0 Å². The molecule has 1 heterocycles. The Morgan fingerprint density at radius 3 is 2.35 bits per heavy atom. The Morgan fingerprint density at radius 2 is 1.83 bits per heavy atom. The van der Waals surface area contributed by atoms with Crippen molar-refractivity contribution >= 4 is 11.7 Å². The lowest BCUT2D eigenvalue weighted by Crippen LogP contribution is -3.05. The minimum atomic E-state index is -0.599. The summed E-state index contributed by atoms with van der Waals surface area (Å²) in [7, 11) is 4.06. The van der Waals surface area contributed by atoms with Gasteiger partial charge in [0.05, 0.1) is 32.3 Å². The van der Waals surface area contributed by atoms with Crippen molar-refractivity contribution in [3.05, 3.63) is 41.2 Å². The SMILES string of the molecule is CC(=O)C1=C(O)C(=O)N(CCC[NH+](C)C)[C@@H]1c1ccc(O)cc1. The minimum Gasteiger partial charge on any atom is -0.508 e. The summed E-state index contributed by atoms with van der Waals surface area (Å²) in [5, 5.41) is 19.5. The zero-order valence-corrected chi connectivity index (χ0v) is 13.7. The van der Waals surface area contributed by atoms with Crippen LogP contribution in [0.4, 0.5) is 0 Å². The Balaban J connectivity index is 2.34. The van der Waals surface area contributed by atoms with Crippen LogP contribution < -0.4 is 4.90 Å². The highest BCUT2D eigenvalue weighted by atomic mass is 16.3. The molecule has 2 rings (SSSR count). The number of amides is 1. The van der Waals surface area contributed by atoms with Crippen LogP contribution in [0.3, 0.4) is 0 Å². The highest BCUT2D eigenvalue weighted by Crippen LogP contribution is 2.37. The number of ketones is 1. The number of aliphatic hydroxyl groups excluding tert-OH is 1. The summed E-state index contributed by atoms with van der Waals surface area (Å²) in [6.07, 6.45) is 0.765. The summed E-state index contributed by atoms with van der Waals surface area (Å²) >= 11 is 0. The molecular formula is C17H23N2O4+. The van der Waals surface area contributed by atoms with Gasteiger partial charge in [0.2, 0.25) is 0 Å². The van der Waals surface area contributed by atoms with Crippen LogP contribution >= 0.6 is 0 Å². The fraction of sp³-hybridized carbons (Fsp3) is 0.412. The monoisotopic (exact) mass is 319 g/mol. The zero-order chi connectivity index (χ0) is 17.1. The number of nitrogens with zero attached hydrogens (tertiary/aromatic N) is 1. The molecule has 0 bridgehead atoms. The average Bonchev–Trinajstić information content (AvgIpc) is 2.72. The summed E-state index contributed by atoms with van der Waals surface area (Å²) in [5.41, 5.74) is 0.820. The van der Waals surface area contributed by atoms with Crippen molar-refractivity contribution in [3.8, 4) is 5.75 Å².